The van der Waals surface area contributed by atoms with E-state index < -0.39 is 0 Å². The Labute approximate surface area is 151 Å². The number of furan rings is 1. The molecule has 2 aromatic carbocycles. The molecule has 0 radical (unpaired) electrons. The van der Waals surface area contributed by atoms with E-state index >= 15 is 0 Å². The Morgan fingerprint density at radius 1 is 1.00 bits per heavy atom. The lowest BCUT2D eigenvalue weighted by Gasteiger charge is -2.23. The SMILES string of the molecule is Cc1ccccc1C(=O)N(Cc1ccc2c(c1)OCO2)Cc1ccco1. The molecule has 0 aliphatic carbocycles. The van der Waals surface area contributed by atoms with Gasteiger partial charge in [-0.3, -0.25) is 4.79 Å². The van der Waals surface area contributed by atoms with Gasteiger partial charge in [0.05, 0.1) is 12.8 Å². The summed E-state index contributed by atoms with van der Waals surface area (Å²) in [6, 6.07) is 17.1. The Morgan fingerprint density at radius 3 is 2.65 bits per heavy atom. The summed E-state index contributed by atoms with van der Waals surface area (Å²) in [5.74, 6) is 2.16. The molecule has 1 aliphatic heterocycles. The number of fused-ring (bicyclic) bond motifs is 1. The summed E-state index contributed by atoms with van der Waals surface area (Å²) in [4.78, 5) is 14.9. The van der Waals surface area contributed by atoms with Gasteiger partial charge in [0.1, 0.15) is 5.76 Å². The fraction of sp³-hybridized carbons (Fsp3) is 0.190. The molecule has 5 heteroatoms. The van der Waals surface area contributed by atoms with E-state index in [2.05, 4.69) is 0 Å². The monoisotopic (exact) mass is 349 g/mol. The molecule has 0 fully saturated rings. The Bertz CT molecular complexity index is 918. The van der Waals surface area contributed by atoms with Crippen LogP contribution in [-0.2, 0) is 13.1 Å². The van der Waals surface area contributed by atoms with E-state index in [1.165, 1.54) is 0 Å². The Kier molecular flexibility index (Phi) is 4.35. The summed E-state index contributed by atoms with van der Waals surface area (Å²) >= 11 is 0. The van der Waals surface area contributed by atoms with Gasteiger partial charge in [0.2, 0.25) is 6.79 Å². The second-order valence-electron chi connectivity index (χ2n) is 6.24. The smallest absolute Gasteiger partial charge is 0.254 e. The Balaban J connectivity index is 1.62. The highest BCUT2D eigenvalue weighted by molar-refractivity contribution is 5.95. The average Bonchev–Trinajstić information content (AvgIpc) is 3.32. The fourth-order valence-corrected chi connectivity index (χ4v) is 3.03. The number of carbonyl (C=O) groups excluding carboxylic acids is 1. The third-order valence-electron chi connectivity index (χ3n) is 4.40. The van der Waals surface area contributed by atoms with Crippen LogP contribution in [0.5, 0.6) is 11.5 Å². The first kappa shape index (κ1) is 16.3. The van der Waals surface area contributed by atoms with Crippen LogP contribution < -0.4 is 9.47 Å². The Hall–Kier alpha value is -3.21. The van der Waals surface area contributed by atoms with Gasteiger partial charge in [-0.05, 0) is 48.4 Å². The lowest BCUT2D eigenvalue weighted by molar-refractivity contribution is 0.0717. The first-order valence-electron chi connectivity index (χ1n) is 8.46. The molecule has 0 N–H and O–H groups in total. The standard InChI is InChI=1S/C21H19NO4/c1-15-5-2-3-7-18(15)21(23)22(13-17-6-4-10-24-17)12-16-8-9-19-20(11-16)26-14-25-19/h2-11H,12-14H2,1H3. The average molecular weight is 349 g/mol. The molecule has 26 heavy (non-hydrogen) atoms. The number of amides is 1. The summed E-state index contributed by atoms with van der Waals surface area (Å²) in [5, 5.41) is 0. The van der Waals surface area contributed by atoms with E-state index in [4.69, 9.17) is 13.9 Å². The van der Waals surface area contributed by atoms with Crippen molar-refractivity contribution in [2.24, 2.45) is 0 Å². The topological polar surface area (TPSA) is 51.9 Å². The van der Waals surface area contributed by atoms with Gasteiger partial charge in [0.15, 0.2) is 11.5 Å². The summed E-state index contributed by atoms with van der Waals surface area (Å²) < 4.78 is 16.3. The number of carbonyl (C=O) groups is 1. The van der Waals surface area contributed by atoms with Crippen LogP contribution in [0.3, 0.4) is 0 Å². The van der Waals surface area contributed by atoms with Gasteiger partial charge >= 0.3 is 0 Å². The van der Waals surface area contributed by atoms with E-state index in [-0.39, 0.29) is 12.7 Å². The molecular weight excluding hydrogens is 330 g/mol. The molecule has 1 aliphatic rings. The molecule has 0 saturated carbocycles. The molecule has 0 saturated heterocycles. The number of hydrogen-bond acceptors (Lipinski definition) is 4. The first-order chi connectivity index (χ1) is 12.7. The zero-order valence-electron chi connectivity index (χ0n) is 14.5. The molecule has 1 aromatic heterocycles. The van der Waals surface area contributed by atoms with Crippen LogP contribution in [0.25, 0.3) is 0 Å². The highest BCUT2D eigenvalue weighted by Gasteiger charge is 2.21. The van der Waals surface area contributed by atoms with Gasteiger partial charge < -0.3 is 18.8 Å². The van der Waals surface area contributed by atoms with Crippen molar-refractivity contribution in [1.29, 1.82) is 0 Å². The van der Waals surface area contributed by atoms with Crippen molar-refractivity contribution in [2.75, 3.05) is 6.79 Å². The van der Waals surface area contributed by atoms with Crippen molar-refractivity contribution >= 4 is 5.91 Å². The van der Waals surface area contributed by atoms with Crippen LogP contribution in [0.4, 0.5) is 0 Å². The zero-order chi connectivity index (χ0) is 17.9. The predicted octanol–water partition coefficient (Wildman–Crippen LogP) is 4.16. The minimum absolute atomic E-state index is 0.0304. The van der Waals surface area contributed by atoms with Crippen LogP contribution in [0, 0.1) is 6.92 Å². The number of rotatable bonds is 5. The van der Waals surface area contributed by atoms with Gasteiger partial charge in [0.25, 0.3) is 5.91 Å². The predicted molar refractivity (Wildman–Crippen MR) is 96.0 cm³/mol. The van der Waals surface area contributed by atoms with Gasteiger partial charge in [0, 0.05) is 12.1 Å². The van der Waals surface area contributed by atoms with Gasteiger partial charge in [-0.2, -0.15) is 0 Å². The van der Waals surface area contributed by atoms with Crippen molar-refractivity contribution in [3.63, 3.8) is 0 Å². The highest BCUT2D eigenvalue weighted by atomic mass is 16.7. The molecule has 1 amide bonds. The van der Waals surface area contributed by atoms with Crippen LogP contribution in [0.2, 0.25) is 0 Å². The van der Waals surface area contributed by atoms with Crippen LogP contribution >= 0.6 is 0 Å². The molecule has 2 heterocycles. The molecule has 0 atom stereocenters. The van der Waals surface area contributed by atoms with Crippen LogP contribution in [-0.4, -0.2) is 17.6 Å². The van der Waals surface area contributed by atoms with Crippen LogP contribution in [0.1, 0.15) is 27.2 Å². The zero-order valence-corrected chi connectivity index (χ0v) is 14.5. The minimum Gasteiger partial charge on any atom is -0.467 e. The van der Waals surface area contributed by atoms with Gasteiger partial charge in [-0.1, -0.05) is 24.3 Å². The minimum atomic E-state index is -0.0304. The second kappa shape index (κ2) is 6.96. The highest BCUT2D eigenvalue weighted by Crippen LogP contribution is 2.33. The molecule has 0 unspecified atom stereocenters. The third-order valence-corrected chi connectivity index (χ3v) is 4.40. The molecule has 4 rings (SSSR count). The number of nitrogens with zero attached hydrogens (tertiary/aromatic N) is 1. The van der Waals surface area contributed by atoms with Crippen molar-refractivity contribution in [2.45, 2.75) is 20.0 Å². The lowest BCUT2D eigenvalue weighted by Crippen LogP contribution is -2.30. The number of aryl methyl sites for hydroxylation is 1. The number of ether oxygens (including phenoxy) is 2. The molecule has 0 spiro atoms. The maximum absolute atomic E-state index is 13.2. The molecular formula is C21H19NO4. The summed E-state index contributed by atoms with van der Waals surface area (Å²) in [6.45, 7) is 3.02. The van der Waals surface area contributed by atoms with Gasteiger partial charge in [-0.25, -0.2) is 0 Å². The fourth-order valence-electron chi connectivity index (χ4n) is 3.03. The van der Waals surface area contributed by atoms with Gasteiger partial charge in [-0.15, -0.1) is 0 Å². The van der Waals surface area contributed by atoms with E-state index in [9.17, 15) is 4.79 Å². The van der Waals surface area contributed by atoms with E-state index in [0.29, 0.717) is 24.4 Å². The third kappa shape index (κ3) is 3.28. The quantitative estimate of drug-likeness (QED) is 0.694. The summed E-state index contributed by atoms with van der Waals surface area (Å²) in [6.07, 6.45) is 1.62. The van der Waals surface area contributed by atoms with Crippen molar-refractivity contribution in [3.05, 3.63) is 83.3 Å². The van der Waals surface area contributed by atoms with Crippen LogP contribution in [0.15, 0.2) is 65.3 Å². The normalized spacial score (nSPS) is 12.2. The summed E-state index contributed by atoms with van der Waals surface area (Å²) in [7, 11) is 0. The van der Waals surface area contributed by atoms with E-state index in [1.807, 2.05) is 61.5 Å². The van der Waals surface area contributed by atoms with E-state index in [1.54, 1.807) is 11.2 Å². The van der Waals surface area contributed by atoms with Crippen molar-refractivity contribution < 1.29 is 18.7 Å². The maximum Gasteiger partial charge on any atom is 0.254 e. The van der Waals surface area contributed by atoms with Crippen molar-refractivity contribution in [1.82, 2.24) is 4.90 Å². The van der Waals surface area contributed by atoms with E-state index in [0.717, 1.165) is 22.6 Å². The Morgan fingerprint density at radius 2 is 1.85 bits per heavy atom. The first-order valence-corrected chi connectivity index (χ1v) is 8.46. The molecule has 3 aromatic rings. The molecule has 0 bridgehead atoms. The maximum atomic E-state index is 13.2. The van der Waals surface area contributed by atoms with Crippen molar-refractivity contribution in [3.8, 4) is 11.5 Å². The molecule has 5 nitrogen and oxygen atoms in total. The molecule has 132 valence electrons. The second-order valence-corrected chi connectivity index (χ2v) is 6.24. The lowest BCUT2D eigenvalue weighted by atomic mass is 10.1. The summed E-state index contributed by atoms with van der Waals surface area (Å²) in [5.41, 5.74) is 2.62. The number of benzene rings is 2. The largest absolute Gasteiger partial charge is 0.467 e. The number of hydrogen-bond donors (Lipinski definition) is 0.